The van der Waals surface area contributed by atoms with Crippen LogP contribution in [0.15, 0.2) is 29.4 Å². The number of carbonyl (C=O) groups excluding carboxylic acids is 4. The number of hydrogen-bond acceptors (Lipinski definition) is 9. The van der Waals surface area contributed by atoms with Crippen molar-refractivity contribution in [1.82, 2.24) is 14.9 Å². The summed E-state index contributed by atoms with van der Waals surface area (Å²) in [6.45, 7) is 6.90. The molecule has 3 rings (SSSR count). The molecule has 13 nitrogen and oxygen atoms in total. The van der Waals surface area contributed by atoms with Gasteiger partial charge in [0.15, 0.2) is 0 Å². The topological polar surface area (TPSA) is 183 Å². The summed E-state index contributed by atoms with van der Waals surface area (Å²) in [4.78, 5) is 55.8. The third-order valence-electron chi connectivity index (χ3n) is 6.30. The lowest BCUT2D eigenvalue weighted by molar-refractivity contribution is -0.153. The van der Waals surface area contributed by atoms with Crippen LogP contribution in [0.3, 0.4) is 0 Å². The van der Waals surface area contributed by atoms with Crippen LogP contribution in [0.2, 0.25) is 0 Å². The van der Waals surface area contributed by atoms with E-state index in [0.717, 1.165) is 16.9 Å². The van der Waals surface area contributed by atoms with E-state index in [2.05, 4.69) is 15.7 Å². The molecule has 1 fully saturated rings. The second-order valence-corrected chi connectivity index (χ2v) is 9.55. The molecule has 0 spiro atoms. The summed E-state index contributed by atoms with van der Waals surface area (Å²) in [5, 5.41) is 2.86. The van der Waals surface area contributed by atoms with Gasteiger partial charge in [-0.1, -0.05) is 13.0 Å². The Bertz CT molecular complexity index is 1310. The first-order chi connectivity index (χ1) is 19.0. The standard InChI is InChI=1S/C27H37N7O6/c1-6-11-31-24(35)20-13-33(30-5)22(16(20)3)23(29)32-21-12-18(8-7-15(21)2)25(36)34(19-9-10-19)27(38)40-14-39-26(37)17(4)28/h7-8,12-13,17,19,30H,6,9-11,14,28H2,1-5H3,(H2,29,32)(H,31,35)/t17-/m0/s1. The number of aromatic nitrogens is 1. The van der Waals surface area contributed by atoms with E-state index in [1.54, 1.807) is 43.0 Å². The zero-order valence-corrected chi connectivity index (χ0v) is 23.4. The van der Waals surface area contributed by atoms with Crippen LogP contribution in [-0.4, -0.2) is 71.8 Å². The van der Waals surface area contributed by atoms with E-state index in [0.29, 0.717) is 41.9 Å². The van der Waals surface area contributed by atoms with Crippen molar-refractivity contribution in [2.45, 2.75) is 59.0 Å². The van der Waals surface area contributed by atoms with Gasteiger partial charge in [-0.05, 0) is 63.3 Å². The van der Waals surface area contributed by atoms with Crippen molar-refractivity contribution in [3.05, 3.63) is 52.3 Å². The zero-order valence-electron chi connectivity index (χ0n) is 23.4. The van der Waals surface area contributed by atoms with Crippen molar-refractivity contribution in [2.75, 3.05) is 25.8 Å². The summed E-state index contributed by atoms with van der Waals surface area (Å²) >= 11 is 0. The predicted molar refractivity (Wildman–Crippen MR) is 149 cm³/mol. The number of ether oxygens (including phenoxy) is 2. The van der Waals surface area contributed by atoms with Gasteiger partial charge in [-0.25, -0.2) is 14.7 Å². The Labute approximate surface area is 232 Å². The summed E-state index contributed by atoms with van der Waals surface area (Å²) in [5.41, 5.74) is 17.8. The summed E-state index contributed by atoms with van der Waals surface area (Å²) < 4.78 is 11.4. The van der Waals surface area contributed by atoms with E-state index in [-0.39, 0.29) is 23.3 Å². The Hall–Kier alpha value is -4.39. The van der Waals surface area contributed by atoms with Crippen LogP contribution in [-0.2, 0) is 14.3 Å². The number of benzene rings is 1. The molecular formula is C27H37N7O6. The third-order valence-corrected chi connectivity index (χ3v) is 6.30. The normalized spacial score (nSPS) is 13.8. The molecule has 0 saturated heterocycles. The Kier molecular flexibility index (Phi) is 9.88. The highest BCUT2D eigenvalue weighted by molar-refractivity contribution is 6.06. The van der Waals surface area contributed by atoms with Crippen LogP contribution in [0.1, 0.15) is 70.6 Å². The lowest BCUT2D eigenvalue weighted by Crippen LogP contribution is -2.40. The number of aliphatic imine (C=N–C) groups is 1. The molecule has 13 heteroatoms. The van der Waals surface area contributed by atoms with Gasteiger partial charge >= 0.3 is 12.1 Å². The van der Waals surface area contributed by atoms with E-state index in [1.165, 1.54) is 6.92 Å². The fraction of sp³-hybridized carbons (Fsp3) is 0.444. The van der Waals surface area contributed by atoms with Crippen molar-refractivity contribution in [3.8, 4) is 0 Å². The molecule has 0 unspecified atom stereocenters. The van der Waals surface area contributed by atoms with Crippen molar-refractivity contribution in [2.24, 2.45) is 16.5 Å². The first kappa shape index (κ1) is 30.2. The summed E-state index contributed by atoms with van der Waals surface area (Å²) in [6, 6.07) is 3.64. The number of esters is 1. The Morgan fingerprint density at radius 1 is 1.20 bits per heavy atom. The molecule has 3 amide bonds. The quantitative estimate of drug-likeness (QED) is 0.139. The molecule has 1 atom stereocenters. The van der Waals surface area contributed by atoms with Gasteiger partial charge in [-0.3, -0.25) is 19.1 Å². The van der Waals surface area contributed by atoms with Gasteiger partial charge in [0.25, 0.3) is 11.8 Å². The number of amidine groups is 1. The van der Waals surface area contributed by atoms with Gasteiger partial charge in [-0.2, -0.15) is 0 Å². The number of nitrogens with zero attached hydrogens (tertiary/aromatic N) is 3. The number of aryl methyl sites for hydroxylation is 1. The van der Waals surface area contributed by atoms with Crippen LogP contribution >= 0.6 is 0 Å². The molecule has 1 aromatic carbocycles. The van der Waals surface area contributed by atoms with Crippen molar-refractivity contribution in [3.63, 3.8) is 0 Å². The SMILES string of the molecule is CCCNC(=O)c1cn(NC)c(C(N)=Nc2cc(C(=O)N(C(=O)OCOC(=O)[C@H](C)N)C3CC3)ccc2C)c1C. The average Bonchev–Trinajstić information content (AvgIpc) is 3.69. The Morgan fingerprint density at radius 3 is 2.50 bits per heavy atom. The molecule has 1 saturated carbocycles. The summed E-state index contributed by atoms with van der Waals surface area (Å²) in [5.74, 6) is -1.40. The van der Waals surface area contributed by atoms with Crippen LogP contribution in [0, 0.1) is 13.8 Å². The van der Waals surface area contributed by atoms with Crippen molar-refractivity contribution < 1.29 is 28.7 Å². The van der Waals surface area contributed by atoms with E-state index >= 15 is 0 Å². The number of hydrogen-bond donors (Lipinski definition) is 4. The molecule has 1 aromatic heterocycles. The summed E-state index contributed by atoms with van der Waals surface area (Å²) in [6.07, 6.45) is 2.80. The van der Waals surface area contributed by atoms with E-state index in [9.17, 15) is 19.2 Å². The second-order valence-electron chi connectivity index (χ2n) is 9.55. The van der Waals surface area contributed by atoms with Crippen molar-refractivity contribution >= 4 is 35.4 Å². The van der Waals surface area contributed by atoms with Crippen LogP contribution in [0.4, 0.5) is 10.5 Å². The average molecular weight is 556 g/mol. The molecular weight excluding hydrogens is 518 g/mol. The fourth-order valence-electron chi connectivity index (χ4n) is 3.91. The van der Waals surface area contributed by atoms with Crippen LogP contribution < -0.4 is 22.2 Å². The van der Waals surface area contributed by atoms with Crippen molar-refractivity contribution in [1.29, 1.82) is 0 Å². The Balaban J connectivity index is 1.86. The molecule has 216 valence electrons. The second kappa shape index (κ2) is 13.1. The van der Waals surface area contributed by atoms with Crippen LogP contribution in [0.5, 0.6) is 0 Å². The van der Waals surface area contributed by atoms with Gasteiger partial charge in [-0.15, -0.1) is 0 Å². The number of nitrogens with one attached hydrogen (secondary N) is 2. The molecule has 0 aliphatic heterocycles. The first-order valence-corrected chi connectivity index (χ1v) is 13.1. The summed E-state index contributed by atoms with van der Waals surface area (Å²) in [7, 11) is 1.69. The highest BCUT2D eigenvalue weighted by Crippen LogP contribution is 2.30. The molecule has 6 N–H and O–H groups in total. The van der Waals surface area contributed by atoms with Gasteiger partial charge in [0.2, 0.25) is 6.79 Å². The minimum Gasteiger partial charge on any atom is -0.427 e. The van der Waals surface area contributed by atoms with Gasteiger partial charge in [0, 0.05) is 31.4 Å². The van der Waals surface area contributed by atoms with Gasteiger partial charge in [0.05, 0.1) is 11.3 Å². The maximum Gasteiger partial charge on any atom is 0.419 e. The number of amides is 3. The monoisotopic (exact) mass is 555 g/mol. The minimum atomic E-state index is -0.925. The maximum absolute atomic E-state index is 13.4. The molecule has 0 bridgehead atoms. The number of rotatable bonds is 11. The molecule has 2 aromatic rings. The van der Waals surface area contributed by atoms with Gasteiger partial charge < -0.3 is 31.7 Å². The Morgan fingerprint density at radius 2 is 1.90 bits per heavy atom. The maximum atomic E-state index is 13.4. The largest absolute Gasteiger partial charge is 0.427 e. The van der Waals surface area contributed by atoms with Gasteiger partial charge in [0.1, 0.15) is 17.6 Å². The lowest BCUT2D eigenvalue weighted by atomic mass is 10.1. The predicted octanol–water partition coefficient (Wildman–Crippen LogP) is 2.04. The first-order valence-electron chi connectivity index (χ1n) is 13.1. The lowest BCUT2D eigenvalue weighted by Gasteiger charge is -2.20. The molecule has 1 heterocycles. The highest BCUT2D eigenvalue weighted by atomic mass is 16.7. The molecule has 0 radical (unpaired) electrons. The minimum absolute atomic E-state index is 0.128. The highest BCUT2D eigenvalue weighted by Gasteiger charge is 2.39. The number of carbonyl (C=O) groups is 4. The van der Waals surface area contributed by atoms with E-state index < -0.39 is 30.8 Å². The molecule has 40 heavy (non-hydrogen) atoms. The molecule has 1 aliphatic carbocycles. The number of imide groups is 1. The fourth-order valence-corrected chi connectivity index (χ4v) is 3.91. The van der Waals surface area contributed by atoms with E-state index in [1.807, 2.05) is 13.8 Å². The molecule has 1 aliphatic rings. The number of nitrogens with two attached hydrogens (primary N) is 2. The zero-order chi connectivity index (χ0) is 29.6. The van der Waals surface area contributed by atoms with Crippen LogP contribution in [0.25, 0.3) is 0 Å². The van der Waals surface area contributed by atoms with E-state index in [4.69, 9.17) is 20.9 Å². The smallest absolute Gasteiger partial charge is 0.419 e. The third kappa shape index (κ3) is 6.97.